The molecule has 6 heteroatoms. The number of halogens is 1. The van der Waals surface area contributed by atoms with Gasteiger partial charge in [-0.3, -0.25) is 19.3 Å². The first kappa shape index (κ1) is 16.0. The van der Waals surface area contributed by atoms with Gasteiger partial charge in [-0.1, -0.05) is 30.5 Å². The molecular formula is C17H19ClN2O3. The van der Waals surface area contributed by atoms with Crippen LogP contribution in [0.1, 0.15) is 31.2 Å². The van der Waals surface area contributed by atoms with Crippen molar-refractivity contribution in [2.24, 2.45) is 11.8 Å². The third kappa shape index (κ3) is 2.98. The number of benzene rings is 1. The second-order valence-corrected chi connectivity index (χ2v) is 6.63. The van der Waals surface area contributed by atoms with Crippen molar-refractivity contribution in [1.29, 1.82) is 0 Å². The minimum Gasteiger partial charge on any atom is -0.324 e. The van der Waals surface area contributed by atoms with E-state index in [0.717, 1.165) is 36.1 Å². The molecule has 1 aromatic rings. The third-order valence-electron chi connectivity index (χ3n) is 4.78. The molecule has 0 spiro atoms. The highest BCUT2D eigenvalue weighted by atomic mass is 35.5. The first-order valence-corrected chi connectivity index (χ1v) is 8.27. The Balaban J connectivity index is 1.69. The van der Waals surface area contributed by atoms with Gasteiger partial charge in [-0.2, -0.15) is 0 Å². The molecule has 3 amide bonds. The molecule has 23 heavy (non-hydrogen) atoms. The molecule has 1 saturated heterocycles. The van der Waals surface area contributed by atoms with Crippen LogP contribution in [0, 0.1) is 18.8 Å². The predicted octanol–water partition coefficient (Wildman–Crippen LogP) is 2.76. The van der Waals surface area contributed by atoms with Gasteiger partial charge in [0.1, 0.15) is 6.54 Å². The van der Waals surface area contributed by atoms with Crippen molar-refractivity contribution in [3.63, 3.8) is 0 Å². The minimum absolute atomic E-state index is 0.197. The number of nitrogens with zero attached hydrogens (tertiary/aromatic N) is 1. The van der Waals surface area contributed by atoms with E-state index in [4.69, 9.17) is 11.6 Å². The summed E-state index contributed by atoms with van der Waals surface area (Å²) in [5.74, 6) is -1.22. The Morgan fingerprint density at radius 2 is 1.83 bits per heavy atom. The van der Waals surface area contributed by atoms with Crippen LogP contribution in [0.5, 0.6) is 0 Å². The molecule has 1 saturated carbocycles. The molecule has 2 unspecified atom stereocenters. The zero-order chi connectivity index (χ0) is 16.6. The van der Waals surface area contributed by atoms with Crippen molar-refractivity contribution in [3.05, 3.63) is 28.8 Å². The fourth-order valence-corrected chi connectivity index (χ4v) is 3.64. The monoisotopic (exact) mass is 334 g/mol. The molecule has 1 aliphatic carbocycles. The maximum absolute atomic E-state index is 12.4. The molecule has 1 aromatic carbocycles. The van der Waals surface area contributed by atoms with Gasteiger partial charge >= 0.3 is 0 Å². The van der Waals surface area contributed by atoms with Crippen LogP contribution in [0.2, 0.25) is 5.02 Å². The molecule has 122 valence electrons. The highest BCUT2D eigenvalue weighted by Gasteiger charge is 2.48. The van der Waals surface area contributed by atoms with Gasteiger partial charge in [-0.25, -0.2) is 0 Å². The molecule has 3 rings (SSSR count). The average Bonchev–Trinajstić information content (AvgIpc) is 2.77. The Kier molecular flexibility index (Phi) is 4.39. The van der Waals surface area contributed by atoms with Crippen molar-refractivity contribution in [2.45, 2.75) is 32.6 Å². The van der Waals surface area contributed by atoms with Crippen LogP contribution >= 0.6 is 11.6 Å². The van der Waals surface area contributed by atoms with Crippen LogP contribution < -0.4 is 5.32 Å². The number of nitrogens with one attached hydrogen (secondary N) is 1. The first-order chi connectivity index (χ1) is 11.0. The number of rotatable bonds is 3. The summed E-state index contributed by atoms with van der Waals surface area (Å²) in [4.78, 5) is 38.1. The highest BCUT2D eigenvalue weighted by Crippen LogP contribution is 2.37. The molecule has 1 heterocycles. The lowest BCUT2D eigenvalue weighted by Gasteiger charge is -2.19. The van der Waals surface area contributed by atoms with Gasteiger partial charge in [0.15, 0.2) is 0 Å². The standard InChI is InChI=1S/C17H19ClN2O3/c1-10-13(18)7-4-8-14(10)19-15(21)9-20-16(22)11-5-2-3-6-12(11)17(20)23/h4,7-8,11-12H,2-3,5-6,9H2,1H3,(H,19,21). The molecule has 0 bridgehead atoms. The molecule has 2 aliphatic rings. The van der Waals surface area contributed by atoms with Crippen LogP contribution in [0.4, 0.5) is 5.69 Å². The van der Waals surface area contributed by atoms with Crippen molar-refractivity contribution >= 4 is 35.0 Å². The first-order valence-electron chi connectivity index (χ1n) is 7.89. The Hall–Kier alpha value is -1.88. The fraction of sp³-hybridized carbons (Fsp3) is 0.471. The van der Waals surface area contributed by atoms with Crippen LogP contribution in [0.15, 0.2) is 18.2 Å². The maximum Gasteiger partial charge on any atom is 0.244 e. The molecule has 0 aromatic heterocycles. The topological polar surface area (TPSA) is 66.5 Å². The number of amides is 3. The van der Waals surface area contributed by atoms with E-state index in [-0.39, 0.29) is 36.1 Å². The predicted molar refractivity (Wildman–Crippen MR) is 87.0 cm³/mol. The van der Waals surface area contributed by atoms with E-state index in [1.165, 1.54) is 0 Å². The number of carbonyl (C=O) groups is 3. The number of hydrogen-bond donors (Lipinski definition) is 1. The summed E-state index contributed by atoms with van der Waals surface area (Å²) in [6.45, 7) is 1.58. The van der Waals surface area contributed by atoms with Gasteiger partial charge in [0.25, 0.3) is 0 Å². The van der Waals surface area contributed by atoms with E-state index in [1.807, 2.05) is 0 Å². The largest absolute Gasteiger partial charge is 0.324 e. The summed E-state index contributed by atoms with van der Waals surface area (Å²) in [6, 6.07) is 5.23. The number of likely N-dealkylation sites (tertiary alicyclic amines) is 1. The summed E-state index contributed by atoms with van der Waals surface area (Å²) in [6.07, 6.45) is 3.45. The lowest BCUT2D eigenvalue weighted by Crippen LogP contribution is -2.38. The van der Waals surface area contributed by atoms with E-state index in [9.17, 15) is 14.4 Å². The van der Waals surface area contributed by atoms with Crippen molar-refractivity contribution in [3.8, 4) is 0 Å². The fourth-order valence-electron chi connectivity index (χ4n) is 3.46. The van der Waals surface area contributed by atoms with Gasteiger partial charge in [0, 0.05) is 10.7 Å². The van der Waals surface area contributed by atoms with Gasteiger partial charge in [-0.15, -0.1) is 0 Å². The molecule has 1 N–H and O–H groups in total. The van der Waals surface area contributed by atoms with Crippen molar-refractivity contribution in [2.75, 3.05) is 11.9 Å². The van der Waals surface area contributed by atoms with Gasteiger partial charge in [-0.05, 0) is 37.5 Å². The van der Waals surface area contributed by atoms with Gasteiger partial charge in [0.2, 0.25) is 17.7 Å². The number of carbonyl (C=O) groups excluding carboxylic acids is 3. The van der Waals surface area contributed by atoms with Crippen LogP contribution in [0.3, 0.4) is 0 Å². The summed E-state index contributed by atoms with van der Waals surface area (Å²) < 4.78 is 0. The number of imide groups is 1. The van der Waals surface area contributed by atoms with Crippen LogP contribution in [-0.4, -0.2) is 29.2 Å². The van der Waals surface area contributed by atoms with Crippen molar-refractivity contribution < 1.29 is 14.4 Å². The molecule has 5 nitrogen and oxygen atoms in total. The quantitative estimate of drug-likeness (QED) is 0.864. The smallest absolute Gasteiger partial charge is 0.244 e. The zero-order valence-corrected chi connectivity index (χ0v) is 13.7. The molecule has 1 aliphatic heterocycles. The third-order valence-corrected chi connectivity index (χ3v) is 5.19. The highest BCUT2D eigenvalue weighted by molar-refractivity contribution is 6.31. The SMILES string of the molecule is Cc1c(Cl)cccc1NC(=O)CN1C(=O)C2CCCCC2C1=O. The van der Waals surface area contributed by atoms with E-state index in [1.54, 1.807) is 25.1 Å². The van der Waals surface area contributed by atoms with E-state index < -0.39 is 0 Å². The van der Waals surface area contributed by atoms with Crippen LogP contribution in [0.25, 0.3) is 0 Å². The van der Waals surface area contributed by atoms with Crippen LogP contribution in [-0.2, 0) is 14.4 Å². The Morgan fingerprint density at radius 1 is 1.22 bits per heavy atom. The molecule has 0 radical (unpaired) electrons. The Labute approximate surface area is 140 Å². The lowest BCUT2D eigenvalue weighted by molar-refractivity contribution is -0.142. The minimum atomic E-state index is -0.379. The molecule has 2 fully saturated rings. The van der Waals surface area contributed by atoms with E-state index >= 15 is 0 Å². The second kappa shape index (κ2) is 6.32. The number of anilines is 1. The zero-order valence-electron chi connectivity index (χ0n) is 13.0. The second-order valence-electron chi connectivity index (χ2n) is 6.22. The number of hydrogen-bond acceptors (Lipinski definition) is 3. The van der Waals surface area contributed by atoms with Gasteiger partial charge < -0.3 is 5.32 Å². The van der Waals surface area contributed by atoms with E-state index in [0.29, 0.717) is 10.7 Å². The summed E-state index contributed by atoms with van der Waals surface area (Å²) in [5.41, 5.74) is 1.36. The molecule has 2 atom stereocenters. The lowest BCUT2D eigenvalue weighted by atomic mass is 9.81. The number of fused-ring (bicyclic) bond motifs is 1. The Morgan fingerprint density at radius 3 is 2.43 bits per heavy atom. The van der Waals surface area contributed by atoms with Crippen molar-refractivity contribution in [1.82, 2.24) is 4.90 Å². The summed E-state index contributed by atoms with van der Waals surface area (Å²) in [7, 11) is 0. The Bertz CT molecular complexity index is 650. The maximum atomic E-state index is 12.4. The summed E-state index contributed by atoms with van der Waals surface area (Å²) in [5, 5.41) is 3.29. The van der Waals surface area contributed by atoms with E-state index in [2.05, 4.69) is 5.32 Å². The summed E-state index contributed by atoms with van der Waals surface area (Å²) >= 11 is 6.03. The molecular weight excluding hydrogens is 316 g/mol. The average molecular weight is 335 g/mol. The van der Waals surface area contributed by atoms with Gasteiger partial charge in [0.05, 0.1) is 11.8 Å². The normalized spacial score (nSPS) is 23.8.